The molecule has 2 atom stereocenters. The van der Waals surface area contributed by atoms with Crippen LogP contribution >= 0.6 is 0 Å². The zero-order valence-electron chi connectivity index (χ0n) is 10.9. The molecule has 0 aromatic heterocycles. The third kappa shape index (κ3) is 3.27. The van der Waals surface area contributed by atoms with Crippen molar-refractivity contribution < 1.29 is 8.78 Å². The maximum absolute atomic E-state index is 13.5. The van der Waals surface area contributed by atoms with E-state index in [9.17, 15) is 8.78 Å². The van der Waals surface area contributed by atoms with E-state index in [2.05, 4.69) is 24.2 Å². The van der Waals surface area contributed by atoms with Crippen molar-refractivity contribution in [2.24, 2.45) is 5.92 Å². The SMILES string of the molecule is CC1CN(C)CCC1NCc1cc(F)ccc1F. The predicted molar refractivity (Wildman–Crippen MR) is 68.3 cm³/mol. The summed E-state index contributed by atoms with van der Waals surface area (Å²) < 4.78 is 26.5. The minimum Gasteiger partial charge on any atom is -0.309 e. The molecule has 1 aromatic carbocycles. The topological polar surface area (TPSA) is 15.3 Å². The van der Waals surface area contributed by atoms with Crippen molar-refractivity contribution in [1.82, 2.24) is 10.2 Å². The molecule has 1 heterocycles. The Hall–Kier alpha value is -1.00. The van der Waals surface area contributed by atoms with Crippen LogP contribution in [0, 0.1) is 17.6 Å². The van der Waals surface area contributed by atoms with E-state index in [0.29, 0.717) is 24.1 Å². The molecule has 0 aliphatic carbocycles. The van der Waals surface area contributed by atoms with Crippen LogP contribution in [0.25, 0.3) is 0 Å². The third-order valence-electron chi connectivity index (χ3n) is 3.67. The van der Waals surface area contributed by atoms with Gasteiger partial charge in [-0.3, -0.25) is 0 Å². The monoisotopic (exact) mass is 254 g/mol. The van der Waals surface area contributed by atoms with E-state index in [4.69, 9.17) is 0 Å². The zero-order chi connectivity index (χ0) is 13.1. The molecule has 2 rings (SSSR count). The number of hydrogen-bond acceptors (Lipinski definition) is 2. The van der Waals surface area contributed by atoms with E-state index >= 15 is 0 Å². The molecule has 2 nitrogen and oxygen atoms in total. The summed E-state index contributed by atoms with van der Waals surface area (Å²) in [6, 6.07) is 3.98. The van der Waals surface area contributed by atoms with Gasteiger partial charge in [-0.05, 0) is 44.1 Å². The van der Waals surface area contributed by atoms with Gasteiger partial charge in [-0.15, -0.1) is 0 Å². The van der Waals surface area contributed by atoms with Crippen LogP contribution < -0.4 is 5.32 Å². The second kappa shape index (κ2) is 5.76. The van der Waals surface area contributed by atoms with Crippen molar-refractivity contribution in [3.05, 3.63) is 35.4 Å². The number of benzene rings is 1. The normalized spacial score (nSPS) is 25.3. The summed E-state index contributed by atoms with van der Waals surface area (Å²) in [5, 5.41) is 3.34. The Labute approximate surface area is 107 Å². The van der Waals surface area contributed by atoms with Gasteiger partial charge < -0.3 is 10.2 Å². The second-order valence-corrected chi connectivity index (χ2v) is 5.25. The van der Waals surface area contributed by atoms with Crippen molar-refractivity contribution in [3.63, 3.8) is 0 Å². The molecule has 100 valence electrons. The Morgan fingerprint density at radius 2 is 2.17 bits per heavy atom. The Kier molecular flexibility index (Phi) is 4.30. The third-order valence-corrected chi connectivity index (χ3v) is 3.67. The lowest BCUT2D eigenvalue weighted by atomic mass is 9.94. The van der Waals surface area contributed by atoms with Crippen molar-refractivity contribution in [2.75, 3.05) is 20.1 Å². The van der Waals surface area contributed by atoms with E-state index in [1.165, 1.54) is 12.1 Å². The maximum Gasteiger partial charge on any atom is 0.127 e. The van der Waals surface area contributed by atoms with E-state index in [-0.39, 0.29) is 11.6 Å². The molecular weight excluding hydrogens is 234 g/mol. The zero-order valence-corrected chi connectivity index (χ0v) is 10.9. The summed E-state index contributed by atoms with van der Waals surface area (Å²) >= 11 is 0. The fraction of sp³-hybridized carbons (Fsp3) is 0.571. The molecule has 1 fully saturated rings. The quantitative estimate of drug-likeness (QED) is 0.891. The Morgan fingerprint density at radius 1 is 1.39 bits per heavy atom. The summed E-state index contributed by atoms with van der Waals surface area (Å²) in [5.74, 6) is -0.200. The summed E-state index contributed by atoms with van der Waals surface area (Å²) in [6.07, 6.45) is 1.05. The van der Waals surface area contributed by atoms with E-state index < -0.39 is 0 Å². The van der Waals surface area contributed by atoms with E-state index in [1.54, 1.807) is 0 Å². The van der Waals surface area contributed by atoms with Crippen LogP contribution in [0.15, 0.2) is 18.2 Å². The number of halogens is 2. The molecular formula is C14H20F2N2. The number of hydrogen-bond donors (Lipinski definition) is 1. The lowest BCUT2D eigenvalue weighted by molar-refractivity contribution is 0.174. The van der Waals surface area contributed by atoms with Gasteiger partial charge in [-0.2, -0.15) is 0 Å². The largest absolute Gasteiger partial charge is 0.309 e. The molecule has 0 spiro atoms. The molecule has 0 saturated carbocycles. The first-order valence-electron chi connectivity index (χ1n) is 6.42. The molecule has 0 bridgehead atoms. The summed E-state index contributed by atoms with van der Waals surface area (Å²) in [6.45, 7) is 4.68. The summed E-state index contributed by atoms with van der Waals surface area (Å²) in [4.78, 5) is 2.30. The first-order chi connectivity index (χ1) is 8.56. The number of piperidine rings is 1. The first-order valence-corrected chi connectivity index (χ1v) is 6.42. The van der Waals surface area contributed by atoms with Crippen molar-refractivity contribution in [2.45, 2.75) is 25.9 Å². The second-order valence-electron chi connectivity index (χ2n) is 5.25. The Balaban J connectivity index is 1.93. The highest BCUT2D eigenvalue weighted by atomic mass is 19.1. The summed E-state index contributed by atoms with van der Waals surface area (Å²) in [5.41, 5.74) is 0.404. The van der Waals surface area contributed by atoms with Gasteiger partial charge in [0, 0.05) is 24.7 Å². The molecule has 4 heteroatoms. The predicted octanol–water partition coefficient (Wildman–Crippen LogP) is 2.39. The molecule has 1 aliphatic heterocycles. The van der Waals surface area contributed by atoms with Crippen molar-refractivity contribution in [1.29, 1.82) is 0 Å². The number of nitrogens with zero attached hydrogens (tertiary/aromatic N) is 1. The molecule has 2 unspecified atom stereocenters. The van der Waals surface area contributed by atoms with Crippen LogP contribution in [0.3, 0.4) is 0 Å². The lowest BCUT2D eigenvalue weighted by Gasteiger charge is -2.35. The van der Waals surface area contributed by atoms with Crippen LogP contribution in [0.5, 0.6) is 0 Å². The molecule has 0 amide bonds. The molecule has 1 aromatic rings. The van der Waals surface area contributed by atoms with E-state index in [0.717, 1.165) is 25.6 Å². The smallest absolute Gasteiger partial charge is 0.127 e. The Bertz CT molecular complexity index is 409. The van der Waals surface area contributed by atoms with Crippen LogP contribution in [0.1, 0.15) is 18.9 Å². The van der Waals surface area contributed by atoms with Crippen LogP contribution in [0.2, 0.25) is 0 Å². The van der Waals surface area contributed by atoms with Crippen molar-refractivity contribution >= 4 is 0 Å². The van der Waals surface area contributed by atoms with Crippen LogP contribution in [-0.4, -0.2) is 31.1 Å². The average molecular weight is 254 g/mol. The molecule has 18 heavy (non-hydrogen) atoms. The minimum absolute atomic E-state index is 0.343. The minimum atomic E-state index is -0.385. The molecule has 1 saturated heterocycles. The fourth-order valence-electron chi connectivity index (χ4n) is 2.58. The molecule has 1 N–H and O–H groups in total. The summed E-state index contributed by atoms with van der Waals surface area (Å²) in [7, 11) is 2.11. The van der Waals surface area contributed by atoms with Gasteiger partial charge in [0.05, 0.1) is 0 Å². The highest BCUT2D eigenvalue weighted by Crippen LogP contribution is 2.17. The van der Waals surface area contributed by atoms with Crippen molar-refractivity contribution in [3.8, 4) is 0 Å². The maximum atomic E-state index is 13.5. The molecule has 1 aliphatic rings. The van der Waals surface area contributed by atoms with Gasteiger partial charge in [-0.1, -0.05) is 6.92 Å². The number of nitrogens with one attached hydrogen (secondary N) is 1. The highest BCUT2D eigenvalue weighted by molar-refractivity contribution is 5.18. The van der Waals surface area contributed by atoms with Crippen LogP contribution in [-0.2, 0) is 6.54 Å². The van der Waals surface area contributed by atoms with E-state index in [1.807, 2.05) is 0 Å². The average Bonchev–Trinajstić information content (AvgIpc) is 2.32. The van der Waals surface area contributed by atoms with Gasteiger partial charge >= 0.3 is 0 Å². The lowest BCUT2D eigenvalue weighted by Crippen LogP contribution is -2.46. The van der Waals surface area contributed by atoms with Gasteiger partial charge in [0.1, 0.15) is 11.6 Å². The number of likely N-dealkylation sites (tertiary alicyclic amines) is 1. The number of rotatable bonds is 3. The highest BCUT2D eigenvalue weighted by Gasteiger charge is 2.23. The molecule has 0 radical (unpaired) electrons. The van der Waals surface area contributed by atoms with Gasteiger partial charge in [-0.25, -0.2) is 8.78 Å². The first kappa shape index (κ1) is 13.4. The standard InChI is InChI=1S/C14H20F2N2/c1-10-9-18(2)6-5-14(10)17-8-11-7-12(15)3-4-13(11)16/h3-4,7,10,14,17H,5-6,8-9H2,1-2H3. The van der Waals surface area contributed by atoms with Gasteiger partial charge in [0.15, 0.2) is 0 Å². The van der Waals surface area contributed by atoms with Crippen LogP contribution in [0.4, 0.5) is 8.78 Å². The Morgan fingerprint density at radius 3 is 2.89 bits per heavy atom. The van der Waals surface area contributed by atoms with Gasteiger partial charge in [0.25, 0.3) is 0 Å². The fourth-order valence-corrected chi connectivity index (χ4v) is 2.58. The van der Waals surface area contributed by atoms with Gasteiger partial charge in [0.2, 0.25) is 0 Å².